The number of aromatic nitrogens is 1. The van der Waals surface area contributed by atoms with Crippen molar-refractivity contribution in [3.63, 3.8) is 0 Å². The van der Waals surface area contributed by atoms with Crippen molar-refractivity contribution in [2.75, 3.05) is 66.4 Å². The summed E-state index contributed by atoms with van der Waals surface area (Å²) < 4.78 is 30.1. The average molecular weight is 638 g/mol. The first kappa shape index (κ1) is 34.9. The predicted molar refractivity (Wildman–Crippen MR) is 175 cm³/mol. The molecule has 2 aromatic carbocycles. The quantitative estimate of drug-likeness (QED) is 0.140. The van der Waals surface area contributed by atoms with E-state index in [4.69, 9.17) is 23.7 Å². The molecular formula is C35H47N3O8. The van der Waals surface area contributed by atoms with Gasteiger partial charge < -0.3 is 38.9 Å². The summed E-state index contributed by atoms with van der Waals surface area (Å²) in [7, 11) is 1.61. The minimum Gasteiger partial charge on any atom is -0.497 e. The lowest BCUT2D eigenvalue weighted by atomic mass is 10.0. The van der Waals surface area contributed by atoms with E-state index in [2.05, 4.69) is 15.2 Å². The third-order valence-electron chi connectivity index (χ3n) is 7.87. The van der Waals surface area contributed by atoms with E-state index in [1.807, 2.05) is 24.4 Å². The molecule has 250 valence electrons. The van der Waals surface area contributed by atoms with Gasteiger partial charge in [-0.2, -0.15) is 0 Å². The highest BCUT2D eigenvalue weighted by Crippen LogP contribution is 2.33. The first-order valence-electron chi connectivity index (χ1n) is 16.1. The molecule has 1 aliphatic heterocycles. The SMILES string of the molecule is COc1ccc(C(=O)c2cn(CC3CCOCC3)c3c(OCCCCC(=O)NCCOCCOCCNC(C)=O)cccc23)cc1. The zero-order chi connectivity index (χ0) is 32.6. The number of benzene rings is 2. The number of nitrogens with one attached hydrogen (secondary N) is 2. The van der Waals surface area contributed by atoms with Crippen LogP contribution in [0.4, 0.5) is 0 Å². The van der Waals surface area contributed by atoms with E-state index in [-0.39, 0.29) is 17.6 Å². The number of methoxy groups -OCH3 is 1. The highest BCUT2D eigenvalue weighted by molar-refractivity contribution is 6.17. The predicted octanol–water partition coefficient (Wildman–Crippen LogP) is 4.14. The van der Waals surface area contributed by atoms with Crippen LogP contribution in [-0.2, 0) is 30.3 Å². The molecule has 11 heteroatoms. The van der Waals surface area contributed by atoms with Crippen molar-refractivity contribution in [1.29, 1.82) is 0 Å². The number of hydrogen-bond acceptors (Lipinski definition) is 8. The average Bonchev–Trinajstić information content (AvgIpc) is 3.44. The second-order valence-corrected chi connectivity index (χ2v) is 11.3. The Hall–Kier alpha value is -3.93. The molecule has 1 saturated heterocycles. The van der Waals surface area contributed by atoms with Gasteiger partial charge in [-0.05, 0) is 61.9 Å². The van der Waals surface area contributed by atoms with E-state index in [1.54, 1.807) is 31.4 Å². The van der Waals surface area contributed by atoms with E-state index in [1.165, 1.54) is 6.92 Å². The maximum Gasteiger partial charge on any atom is 0.220 e. The van der Waals surface area contributed by atoms with Gasteiger partial charge in [0.25, 0.3) is 0 Å². The Kier molecular flexibility index (Phi) is 14.4. The third-order valence-corrected chi connectivity index (χ3v) is 7.87. The van der Waals surface area contributed by atoms with Crippen LogP contribution in [0.15, 0.2) is 48.7 Å². The molecule has 0 radical (unpaired) electrons. The summed E-state index contributed by atoms with van der Waals surface area (Å²) in [5, 5.41) is 6.40. The maximum atomic E-state index is 13.7. The number of nitrogens with zero attached hydrogens (tertiary/aromatic N) is 1. The Balaban J connectivity index is 1.26. The van der Waals surface area contributed by atoms with E-state index >= 15 is 0 Å². The summed E-state index contributed by atoms with van der Waals surface area (Å²) >= 11 is 0. The first-order chi connectivity index (χ1) is 22.5. The van der Waals surface area contributed by atoms with Gasteiger partial charge in [0, 0.05) is 68.9 Å². The number of hydrogen-bond donors (Lipinski definition) is 2. The molecular weight excluding hydrogens is 590 g/mol. The van der Waals surface area contributed by atoms with Gasteiger partial charge in [0.15, 0.2) is 5.78 Å². The highest BCUT2D eigenvalue weighted by atomic mass is 16.5. The third kappa shape index (κ3) is 10.9. The van der Waals surface area contributed by atoms with E-state index < -0.39 is 0 Å². The fourth-order valence-corrected chi connectivity index (χ4v) is 5.41. The van der Waals surface area contributed by atoms with Crippen LogP contribution in [0.25, 0.3) is 10.9 Å². The molecule has 1 aliphatic rings. The molecule has 1 aromatic heterocycles. The maximum absolute atomic E-state index is 13.7. The molecule has 0 aliphatic carbocycles. The zero-order valence-electron chi connectivity index (χ0n) is 27.0. The van der Waals surface area contributed by atoms with Crippen molar-refractivity contribution >= 4 is 28.5 Å². The Bertz CT molecular complexity index is 1400. The minimum absolute atomic E-state index is 0.0238. The molecule has 0 atom stereocenters. The van der Waals surface area contributed by atoms with Crippen LogP contribution in [0, 0.1) is 5.92 Å². The summed E-state index contributed by atoms with van der Waals surface area (Å²) in [6, 6.07) is 13.0. The van der Waals surface area contributed by atoms with Crippen LogP contribution in [0.3, 0.4) is 0 Å². The lowest BCUT2D eigenvalue weighted by molar-refractivity contribution is -0.121. The van der Waals surface area contributed by atoms with Crippen molar-refractivity contribution < 1.29 is 38.1 Å². The number of amides is 2. The van der Waals surface area contributed by atoms with Crippen molar-refractivity contribution in [3.05, 3.63) is 59.8 Å². The Morgan fingerprint density at radius 3 is 2.30 bits per heavy atom. The largest absolute Gasteiger partial charge is 0.497 e. The number of carbonyl (C=O) groups is 3. The van der Waals surface area contributed by atoms with Crippen molar-refractivity contribution in [2.45, 2.75) is 45.6 Å². The van der Waals surface area contributed by atoms with Gasteiger partial charge in [-0.25, -0.2) is 0 Å². The molecule has 0 bridgehead atoms. The highest BCUT2D eigenvalue weighted by Gasteiger charge is 2.22. The summed E-state index contributed by atoms with van der Waals surface area (Å²) in [6.07, 6.45) is 5.74. The summed E-state index contributed by atoms with van der Waals surface area (Å²) in [5.74, 6) is 1.75. The number of ether oxygens (including phenoxy) is 5. The fraction of sp³-hybridized carbons (Fsp3) is 0.514. The Labute approximate surface area is 270 Å². The molecule has 2 amide bonds. The standard InChI is InChI=1S/C35H47N3O8/c1-26(39)36-15-20-44-22-23-45-21-16-37-33(40)8-3-4-17-46-32-7-5-6-30-31(35(41)28-9-11-29(42-2)12-10-28)25-38(34(30)32)24-27-13-18-43-19-14-27/h5-7,9-12,25,27H,3-4,8,13-24H2,1-2H3,(H,36,39)(H,37,40). The molecule has 1 fully saturated rings. The van der Waals surface area contributed by atoms with Gasteiger partial charge in [-0.15, -0.1) is 0 Å². The molecule has 2 N–H and O–H groups in total. The number of para-hydroxylation sites is 1. The second kappa shape index (κ2) is 18.9. The van der Waals surface area contributed by atoms with Gasteiger partial charge in [0.1, 0.15) is 11.5 Å². The van der Waals surface area contributed by atoms with E-state index in [9.17, 15) is 14.4 Å². The fourth-order valence-electron chi connectivity index (χ4n) is 5.41. The molecule has 3 aromatic rings. The minimum atomic E-state index is -0.0812. The smallest absolute Gasteiger partial charge is 0.220 e. The van der Waals surface area contributed by atoms with Crippen LogP contribution in [0.5, 0.6) is 11.5 Å². The lowest BCUT2D eigenvalue weighted by Crippen LogP contribution is -2.27. The number of ketones is 1. The molecule has 46 heavy (non-hydrogen) atoms. The van der Waals surface area contributed by atoms with Crippen LogP contribution in [-0.4, -0.2) is 88.6 Å². The molecule has 4 rings (SSSR count). The van der Waals surface area contributed by atoms with Crippen LogP contribution in [0.2, 0.25) is 0 Å². The molecule has 2 heterocycles. The molecule has 0 unspecified atom stereocenters. The van der Waals surface area contributed by atoms with E-state index in [0.29, 0.717) is 88.2 Å². The van der Waals surface area contributed by atoms with Crippen LogP contribution in [0.1, 0.15) is 54.9 Å². The Morgan fingerprint density at radius 2 is 1.61 bits per heavy atom. The van der Waals surface area contributed by atoms with Gasteiger partial charge >= 0.3 is 0 Å². The van der Waals surface area contributed by atoms with E-state index in [0.717, 1.165) is 49.3 Å². The number of rotatable bonds is 20. The monoisotopic (exact) mass is 637 g/mol. The lowest BCUT2D eigenvalue weighted by Gasteiger charge is -2.23. The topological polar surface area (TPSA) is 126 Å². The second-order valence-electron chi connectivity index (χ2n) is 11.3. The molecule has 0 spiro atoms. The van der Waals surface area contributed by atoms with Gasteiger partial charge in [-0.3, -0.25) is 14.4 Å². The first-order valence-corrected chi connectivity index (χ1v) is 16.1. The van der Waals surface area contributed by atoms with Crippen LogP contribution < -0.4 is 20.1 Å². The normalized spacial score (nSPS) is 13.4. The number of fused-ring (bicyclic) bond motifs is 1. The van der Waals surface area contributed by atoms with Crippen molar-refractivity contribution in [3.8, 4) is 11.5 Å². The van der Waals surface area contributed by atoms with Gasteiger partial charge in [-0.1, -0.05) is 12.1 Å². The summed E-state index contributed by atoms with van der Waals surface area (Å²) in [6.45, 7) is 6.83. The van der Waals surface area contributed by atoms with Crippen molar-refractivity contribution in [2.24, 2.45) is 5.92 Å². The van der Waals surface area contributed by atoms with Gasteiger partial charge in [0.05, 0.1) is 45.7 Å². The number of carbonyl (C=O) groups excluding carboxylic acids is 3. The van der Waals surface area contributed by atoms with Crippen LogP contribution >= 0.6 is 0 Å². The van der Waals surface area contributed by atoms with Gasteiger partial charge in [0.2, 0.25) is 11.8 Å². The molecule has 11 nitrogen and oxygen atoms in total. The van der Waals surface area contributed by atoms with Crippen molar-refractivity contribution in [1.82, 2.24) is 15.2 Å². The molecule has 0 saturated carbocycles. The number of unbranched alkanes of at least 4 members (excludes halogenated alkanes) is 1. The zero-order valence-corrected chi connectivity index (χ0v) is 27.0. The summed E-state index contributed by atoms with van der Waals surface area (Å²) in [5.41, 5.74) is 2.17. The summed E-state index contributed by atoms with van der Waals surface area (Å²) in [4.78, 5) is 36.7. The Morgan fingerprint density at radius 1 is 0.891 bits per heavy atom.